The molecule has 1 aromatic rings. The van der Waals surface area contributed by atoms with Crippen molar-refractivity contribution in [2.24, 2.45) is 0 Å². The fourth-order valence-electron chi connectivity index (χ4n) is 1.89. The van der Waals surface area contributed by atoms with Crippen LogP contribution in [0.2, 0.25) is 0 Å². The normalized spacial score (nSPS) is 25.2. The van der Waals surface area contributed by atoms with Gasteiger partial charge in [-0.1, -0.05) is 42.2 Å². The Kier molecular flexibility index (Phi) is 4.76. The summed E-state index contributed by atoms with van der Waals surface area (Å²) in [7, 11) is -3.03. The van der Waals surface area contributed by atoms with Crippen LogP contribution in [0.15, 0.2) is 29.2 Å². The van der Waals surface area contributed by atoms with E-state index in [1.165, 1.54) is 11.8 Å². The van der Waals surface area contributed by atoms with Crippen molar-refractivity contribution in [2.75, 3.05) is 11.5 Å². The van der Waals surface area contributed by atoms with E-state index < -0.39 is 15.2 Å². The van der Waals surface area contributed by atoms with Crippen molar-refractivity contribution in [3.05, 3.63) is 29.8 Å². The third kappa shape index (κ3) is 4.08. The van der Waals surface area contributed by atoms with Crippen molar-refractivity contribution in [3.8, 4) is 0 Å². The van der Waals surface area contributed by atoms with Crippen LogP contribution in [0.3, 0.4) is 0 Å². The number of hydrogen-bond donors (Lipinski definition) is 1. The number of thiocarbonyl (C=S) groups is 1. The van der Waals surface area contributed by atoms with E-state index in [-0.39, 0.29) is 17.5 Å². The lowest BCUT2D eigenvalue weighted by Crippen LogP contribution is -2.38. The van der Waals surface area contributed by atoms with E-state index in [1.54, 1.807) is 0 Å². The largest absolute Gasteiger partial charge is 0.365 e. The highest BCUT2D eigenvalue weighted by molar-refractivity contribution is 8.23. The molecule has 1 aliphatic rings. The molecular formula is C12H14ClNO2S3. The molecule has 1 aliphatic heterocycles. The fraction of sp³-hybridized carbons (Fsp3) is 0.417. The predicted octanol–water partition coefficient (Wildman–Crippen LogP) is 2.37. The summed E-state index contributed by atoms with van der Waals surface area (Å²) in [6.45, 7) is 2.01. The number of alkyl halides is 1. The molecule has 1 fully saturated rings. The predicted molar refractivity (Wildman–Crippen MR) is 84.9 cm³/mol. The van der Waals surface area contributed by atoms with E-state index in [0.717, 1.165) is 10.5 Å². The molecule has 7 heteroatoms. The highest BCUT2D eigenvalue weighted by atomic mass is 35.5. The summed E-state index contributed by atoms with van der Waals surface area (Å²) in [5.74, 6) is 0.0690. The first kappa shape index (κ1) is 15.1. The molecule has 0 radical (unpaired) electrons. The second-order valence-corrected chi connectivity index (χ2v) is 8.93. The molecular weight excluding hydrogens is 322 g/mol. The van der Waals surface area contributed by atoms with Gasteiger partial charge in [-0.3, -0.25) is 0 Å². The van der Waals surface area contributed by atoms with Crippen LogP contribution < -0.4 is 5.32 Å². The van der Waals surface area contributed by atoms with Gasteiger partial charge in [-0.05, 0) is 18.6 Å². The first-order valence-electron chi connectivity index (χ1n) is 5.76. The summed E-state index contributed by atoms with van der Waals surface area (Å²) in [4.78, 5) is 1.06. The van der Waals surface area contributed by atoms with Crippen LogP contribution in [0.25, 0.3) is 0 Å². The minimum atomic E-state index is -3.03. The van der Waals surface area contributed by atoms with Crippen LogP contribution in [0.5, 0.6) is 0 Å². The third-order valence-corrected chi connectivity index (χ3v) is 6.61. The topological polar surface area (TPSA) is 46.2 Å². The van der Waals surface area contributed by atoms with Gasteiger partial charge in [0.25, 0.3) is 0 Å². The first-order valence-corrected chi connectivity index (χ1v) is 9.24. The molecule has 104 valence electrons. The Morgan fingerprint density at radius 3 is 2.68 bits per heavy atom. The van der Waals surface area contributed by atoms with Gasteiger partial charge in [0.15, 0.2) is 9.84 Å². The number of halogens is 1. The monoisotopic (exact) mass is 335 g/mol. The molecule has 1 N–H and O–H groups in total. The minimum absolute atomic E-state index is 0.0177. The van der Waals surface area contributed by atoms with Gasteiger partial charge < -0.3 is 5.32 Å². The Hall–Kier alpha value is -0.300. The van der Waals surface area contributed by atoms with Crippen molar-refractivity contribution in [1.29, 1.82) is 0 Å². The van der Waals surface area contributed by atoms with E-state index >= 15 is 0 Å². The second-order valence-electron chi connectivity index (χ2n) is 4.50. The Bertz CT molecular complexity index is 588. The Balaban J connectivity index is 1.98. The maximum atomic E-state index is 11.5. The van der Waals surface area contributed by atoms with E-state index in [1.807, 2.05) is 31.2 Å². The zero-order valence-electron chi connectivity index (χ0n) is 10.3. The quantitative estimate of drug-likeness (QED) is 0.511. The lowest BCUT2D eigenvalue weighted by molar-refractivity contribution is 0.600. The number of thioether (sulfide) groups is 1. The molecule has 3 nitrogen and oxygen atoms in total. The number of sulfone groups is 1. The Morgan fingerprint density at radius 1 is 1.42 bits per heavy atom. The lowest BCUT2D eigenvalue weighted by Gasteiger charge is -2.16. The van der Waals surface area contributed by atoms with Crippen LogP contribution in [-0.4, -0.2) is 35.7 Å². The highest BCUT2D eigenvalue weighted by Gasteiger charge is 2.36. The van der Waals surface area contributed by atoms with E-state index in [2.05, 4.69) is 5.32 Å². The zero-order chi connectivity index (χ0) is 14.0. The average molecular weight is 336 g/mol. The van der Waals surface area contributed by atoms with Crippen LogP contribution in [0.4, 0.5) is 0 Å². The average Bonchev–Trinajstić information content (AvgIpc) is 2.55. The summed E-state index contributed by atoms with van der Waals surface area (Å²) >= 11 is 12.7. The number of benzene rings is 1. The van der Waals surface area contributed by atoms with Crippen molar-refractivity contribution in [3.63, 3.8) is 0 Å². The van der Waals surface area contributed by atoms with Crippen LogP contribution in [0.1, 0.15) is 5.56 Å². The molecule has 1 aromatic carbocycles. The Morgan fingerprint density at radius 2 is 2.11 bits per heavy atom. The molecule has 0 amide bonds. The van der Waals surface area contributed by atoms with Crippen LogP contribution in [0, 0.1) is 6.92 Å². The summed E-state index contributed by atoms with van der Waals surface area (Å²) in [6, 6.07) is 7.61. The molecule has 0 saturated carbocycles. The zero-order valence-corrected chi connectivity index (χ0v) is 13.5. The summed E-state index contributed by atoms with van der Waals surface area (Å²) < 4.78 is 23.5. The van der Waals surface area contributed by atoms with Gasteiger partial charge in [0.2, 0.25) is 0 Å². The standard InChI is InChI=1S/C12H14ClNO2S3/c1-8-4-2-3-5-11(8)18-12(17)14-10-7-19(15,16)6-9(10)13/h2-5,9-10H,6-7H2,1H3,(H,14,17). The first-order chi connectivity index (χ1) is 8.87. The van der Waals surface area contributed by atoms with Gasteiger partial charge in [0.1, 0.15) is 4.32 Å². The molecule has 1 saturated heterocycles. The highest BCUT2D eigenvalue weighted by Crippen LogP contribution is 2.24. The molecule has 2 atom stereocenters. The maximum absolute atomic E-state index is 11.5. The number of hydrogen-bond acceptors (Lipinski definition) is 4. The van der Waals surface area contributed by atoms with Gasteiger partial charge in [0.05, 0.1) is 22.9 Å². The smallest absolute Gasteiger partial charge is 0.153 e. The van der Waals surface area contributed by atoms with E-state index in [4.69, 9.17) is 23.8 Å². The molecule has 0 spiro atoms. The molecule has 2 rings (SSSR count). The van der Waals surface area contributed by atoms with E-state index in [0.29, 0.717) is 4.32 Å². The molecule has 2 unspecified atom stereocenters. The van der Waals surface area contributed by atoms with Crippen molar-refractivity contribution >= 4 is 49.7 Å². The minimum Gasteiger partial charge on any atom is -0.365 e. The van der Waals surface area contributed by atoms with Crippen molar-refractivity contribution < 1.29 is 8.42 Å². The van der Waals surface area contributed by atoms with Gasteiger partial charge in [-0.2, -0.15) is 0 Å². The Labute approximate surface area is 128 Å². The maximum Gasteiger partial charge on any atom is 0.153 e. The number of aryl methyl sites for hydroxylation is 1. The molecule has 0 bridgehead atoms. The van der Waals surface area contributed by atoms with Crippen molar-refractivity contribution in [2.45, 2.75) is 23.2 Å². The van der Waals surface area contributed by atoms with Gasteiger partial charge in [-0.15, -0.1) is 11.6 Å². The second kappa shape index (κ2) is 5.99. The van der Waals surface area contributed by atoms with Crippen LogP contribution in [-0.2, 0) is 9.84 Å². The summed E-state index contributed by atoms with van der Waals surface area (Å²) in [5.41, 5.74) is 1.14. The summed E-state index contributed by atoms with van der Waals surface area (Å²) in [5, 5.41) is 2.63. The SMILES string of the molecule is Cc1ccccc1SC(=S)NC1CS(=O)(=O)CC1Cl. The number of nitrogens with one attached hydrogen (secondary N) is 1. The van der Waals surface area contributed by atoms with Crippen molar-refractivity contribution in [1.82, 2.24) is 5.32 Å². The van der Waals surface area contributed by atoms with Gasteiger partial charge in [0, 0.05) is 4.90 Å². The molecule has 19 heavy (non-hydrogen) atoms. The third-order valence-electron chi connectivity index (χ3n) is 2.88. The van der Waals surface area contributed by atoms with Crippen LogP contribution >= 0.6 is 35.6 Å². The summed E-state index contributed by atoms with van der Waals surface area (Å²) in [6.07, 6.45) is 0. The van der Waals surface area contributed by atoms with Gasteiger partial charge >= 0.3 is 0 Å². The fourth-order valence-corrected chi connectivity index (χ4v) is 5.64. The molecule has 0 aliphatic carbocycles. The molecule has 1 heterocycles. The van der Waals surface area contributed by atoms with E-state index in [9.17, 15) is 8.42 Å². The molecule has 0 aromatic heterocycles. The lowest BCUT2D eigenvalue weighted by atomic mass is 10.2. The van der Waals surface area contributed by atoms with Gasteiger partial charge in [-0.25, -0.2) is 8.42 Å². The number of rotatable bonds is 2.